The van der Waals surface area contributed by atoms with Crippen LogP contribution in [0.3, 0.4) is 0 Å². The monoisotopic (exact) mass is 472 g/mol. The van der Waals surface area contributed by atoms with Crippen LogP contribution < -0.4 is 0 Å². The first kappa shape index (κ1) is 32.8. The number of unbranched alkanes of at least 4 members (excludes halogenated alkanes) is 12. The fourth-order valence-electron chi connectivity index (χ4n) is 3.95. The minimum absolute atomic E-state index is 0.167. The third-order valence-corrected chi connectivity index (χ3v) is 6.18. The molecule has 0 fully saturated rings. The molecule has 4 nitrogen and oxygen atoms in total. The first-order valence-electron chi connectivity index (χ1n) is 14.7. The van der Waals surface area contributed by atoms with Gasteiger partial charge in [0.2, 0.25) is 0 Å². The minimum Gasteiger partial charge on any atom is -0.370 e. The Morgan fingerprint density at radius 1 is 0.424 bits per heavy atom. The summed E-state index contributed by atoms with van der Waals surface area (Å²) in [5, 5.41) is 0. The molecule has 0 aliphatic heterocycles. The molecule has 0 aromatic carbocycles. The summed E-state index contributed by atoms with van der Waals surface area (Å²) in [7, 11) is 0. The van der Waals surface area contributed by atoms with Crippen LogP contribution in [0.2, 0.25) is 0 Å². The van der Waals surface area contributed by atoms with Gasteiger partial charge in [0.25, 0.3) is 0 Å². The molecule has 0 bridgehead atoms. The van der Waals surface area contributed by atoms with Gasteiger partial charge in [0.05, 0.1) is 19.8 Å². The molecule has 33 heavy (non-hydrogen) atoms. The van der Waals surface area contributed by atoms with Gasteiger partial charge in [-0.15, -0.1) is 0 Å². The Morgan fingerprint density at radius 2 is 0.818 bits per heavy atom. The Morgan fingerprint density at radius 3 is 1.27 bits per heavy atom. The quantitative estimate of drug-likeness (QED) is 0.0881. The van der Waals surface area contributed by atoms with Gasteiger partial charge in [0.15, 0.2) is 0 Å². The van der Waals surface area contributed by atoms with E-state index < -0.39 is 5.97 Å². The molecule has 0 aliphatic carbocycles. The lowest BCUT2D eigenvalue weighted by molar-refractivity contribution is -0.419. The van der Waals surface area contributed by atoms with E-state index in [1.54, 1.807) is 0 Å². The van der Waals surface area contributed by atoms with E-state index in [2.05, 4.69) is 34.6 Å². The average Bonchev–Trinajstić information content (AvgIpc) is 2.83. The summed E-state index contributed by atoms with van der Waals surface area (Å²) in [6.45, 7) is 13.9. The molecule has 0 saturated carbocycles. The van der Waals surface area contributed by atoms with Crippen LogP contribution in [0.5, 0.6) is 0 Å². The Labute approximate surface area is 207 Å². The normalized spacial score (nSPS) is 13.0. The summed E-state index contributed by atoms with van der Waals surface area (Å²) >= 11 is 0. The molecule has 200 valence electrons. The fourth-order valence-corrected chi connectivity index (χ4v) is 3.95. The van der Waals surface area contributed by atoms with Crippen molar-refractivity contribution >= 4 is 0 Å². The molecule has 0 heterocycles. The lowest BCUT2D eigenvalue weighted by Crippen LogP contribution is -2.52. The largest absolute Gasteiger partial charge is 0.370 e. The highest BCUT2D eigenvalue weighted by atomic mass is 16.9. The van der Waals surface area contributed by atoms with Crippen molar-refractivity contribution in [1.82, 2.24) is 0 Å². The first-order chi connectivity index (χ1) is 16.2. The summed E-state index contributed by atoms with van der Waals surface area (Å²) in [5.41, 5.74) is 0. The van der Waals surface area contributed by atoms with Gasteiger partial charge in [0, 0.05) is 6.61 Å². The second-order valence-corrected chi connectivity index (χ2v) is 9.54. The molecule has 0 aromatic heterocycles. The molecule has 0 N–H and O–H groups in total. The van der Waals surface area contributed by atoms with E-state index in [0.29, 0.717) is 19.8 Å². The molecular weight excluding hydrogens is 412 g/mol. The van der Waals surface area contributed by atoms with Gasteiger partial charge in [-0.2, -0.15) is 0 Å². The van der Waals surface area contributed by atoms with E-state index in [-0.39, 0.29) is 6.10 Å². The molecule has 0 rings (SSSR count). The summed E-state index contributed by atoms with van der Waals surface area (Å²) in [6, 6.07) is 0. The van der Waals surface area contributed by atoms with Crippen LogP contribution in [0.15, 0.2) is 0 Å². The first-order valence-corrected chi connectivity index (χ1v) is 14.7. The molecule has 0 saturated heterocycles. The van der Waals surface area contributed by atoms with E-state index in [0.717, 1.165) is 51.6 Å². The second-order valence-electron chi connectivity index (χ2n) is 9.54. The van der Waals surface area contributed by atoms with Gasteiger partial charge in [0.1, 0.15) is 6.10 Å². The zero-order valence-corrected chi connectivity index (χ0v) is 23.3. The number of hydrogen-bond acceptors (Lipinski definition) is 4. The second kappa shape index (κ2) is 24.9. The molecule has 0 aromatic rings. The van der Waals surface area contributed by atoms with Crippen molar-refractivity contribution in [3.8, 4) is 0 Å². The molecule has 0 radical (unpaired) electrons. The molecule has 0 spiro atoms. The van der Waals surface area contributed by atoms with Gasteiger partial charge >= 0.3 is 5.97 Å². The van der Waals surface area contributed by atoms with Crippen LogP contribution in [0.4, 0.5) is 0 Å². The minimum atomic E-state index is -1.06. The van der Waals surface area contributed by atoms with Crippen LogP contribution in [-0.2, 0) is 18.9 Å². The van der Waals surface area contributed by atoms with Crippen molar-refractivity contribution in [2.24, 2.45) is 0 Å². The molecule has 1 unspecified atom stereocenters. The molecule has 0 amide bonds. The predicted octanol–water partition coefficient (Wildman–Crippen LogP) is 9.20. The Hall–Kier alpha value is -0.160. The molecule has 1 atom stereocenters. The third kappa shape index (κ3) is 17.9. The highest BCUT2D eigenvalue weighted by Crippen LogP contribution is 2.29. The maximum Gasteiger partial charge on any atom is 0.310 e. The van der Waals surface area contributed by atoms with Crippen LogP contribution in [0.25, 0.3) is 0 Å². The highest BCUT2D eigenvalue weighted by Gasteiger charge is 2.43. The lowest BCUT2D eigenvalue weighted by atomic mass is 10.1. The maximum atomic E-state index is 6.51. The summed E-state index contributed by atoms with van der Waals surface area (Å²) in [4.78, 5) is 0. The zero-order valence-electron chi connectivity index (χ0n) is 23.3. The fraction of sp³-hybridized carbons (Fsp3) is 1.00. The summed E-state index contributed by atoms with van der Waals surface area (Å²) in [6.07, 6.45) is 20.7. The van der Waals surface area contributed by atoms with E-state index in [1.807, 2.05) is 0 Å². The van der Waals surface area contributed by atoms with E-state index >= 15 is 0 Å². The Bertz CT molecular complexity index is 343. The Kier molecular flexibility index (Phi) is 24.8. The van der Waals surface area contributed by atoms with E-state index in [1.165, 1.54) is 70.6 Å². The van der Waals surface area contributed by atoms with Crippen molar-refractivity contribution in [3.63, 3.8) is 0 Å². The van der Waals surface area contributed by atoms with Gasteiger partial charge in [-0.1, -0.05) is 118 Å². The van der Waals surface area contributed by atoms with Crippen molar-refractivity contribution in [2.75, 3.05) is 26.4 Å². The van der Waals surface area contributed by atoms with Crippen molar-refractivity contribution in [1.29, 1.82) is 0 Å². The standard InChI is InChI=1S/C29H60O4/c1-6-11-16-17-18-19-23-28(30-24-15-10-5)29(31-25-20-12-7-2,32-26-21-13-8-3)33-27-22-14-9-4/h28H,6-27H2,1-5H3. The predicted molar refractivity (Wildman–Crippen MR) is 142 cm³/mol. The molecule has 4 heteroatoms. The number of hydrogen-bond donors (Lipinski definition) is 0. The van der Waals surface area contributed by atoms with Gasteiger partial charge in [-0.25, -0.2) is 0 Å². The SMILES string of the molecule is CCCCCCCCC(OCCCC)C(OCCCCC)(OCCCCC)OCCCCC. The Balaban J connectivity index is 5.38. The van der Waals surface area contributed by atoms with Crippen molar-refractivity contribution in [2.45, 2.75) is 162 Å². The van der Waals surface area contributed by atoms with Crippen LogP contribution >= 0.6 is 0 Å². The van der Waals surface area contributed by atoms with Crippen molar-refractivity contribution < 1.29 is 18.9 Å². The van der Waals surface area contributed by atoms with Crippen LogP contribution in [-0.4, -0.2) is 38.5 Å². The van der Waals surface area contributed by atoms with Crippen molar-refractivity contribution in [3.05, 3.63) is 0 Å². The third-order valence-electron chi connectivity index (χ3n) is 6.18. The highest BCUT2D eigenvalue weighted by molar-refractivity contribution is 4.74. The van der Waals surface area contributed by atoms with E-state index in [9.17, 15) is 0 Å². The number of rotatable bonds is 27. The van der Waals surface area contributed by atoms with Crippen LogP contribution in [0, 0.1) is 0 Å². The zero-order chi connectivity index (χ0) is 24.5. The molecular formula is C29H60O4. The van der Waals surface area contributed by atoms with Crippen LogP contribution in [0.1, 0.15) is 150 Å². The lowest BCUT2D eigenvalue weighted by Gasteiger charge is -2.39. The maximum absolute atomic E-state index is 6.51. The summed E-state index contributed by atoms with van der Waals surface area (Å²) in [5.74, 6) is -1.06. The van der Waals surface area contributed by atoms with E-state index in [4.69, 9.17) is 18.9 Å². The average molecular weight is 473 g/mol. The van der Waals surface area contributed by atoms with Gasteiger partial charge < -0.3 is 18.9 Å². The smallest absolute Gasteiger partial charge is 0.310 e. The van der Waals surface area contributed by atoms with Gasteiger partial charge in [-0.3, -0.25) is 0 Å². The summed E-state index contributed by atoms with van der Waals surface area (Å²) < 4.78 is 26.0. The topological polar surface area (TPSA) is 36.9 Å². The van der Waals surface area contributed by atoms with Gasteiger partial charge in [-0.05, 0) is 32.1 Å². The molecule has 0 aliphatic rings. The number of ether oxygens (including phenoxy) is 4.